The molecule has 2 rings (SSSR count). The molecule has 0 amide bonds. The molecule has 0 aliphatic carbocycles. The number of aromatic nitrogens is 3. The molecule has 0 radical (unpaired) electrons. The molecule has 112 valence electrons. The third-order valence-corrected chi connectivity index (χ3v) is 3.29. The fraction of sp³-hybridized carbons (Fsp3) is 0.750. The molecular weight excluding hydrogens is 258 g/mol. The molecule has 0 saturated carbocycles. The Labute approximate surface area is 119 Å². The summed E-state index contributed by atoms with van der Waals surface area (Å²) in [6, 6.07) is 0. The van der Waals surface area contributed by atoms with Gasteiger partial charge >= 0.3 is 0 Å². The number of rotatable bonds is 5. The van der Waals surface area contributed by atoms with Crippen molar-refractivity contribution in [2.24, 2.45) is 5.84 Å². The largest absolute Gasteiger partial charge is 0.380 e. The maximum atomic E-state index is 5.47. The van der Waals surface area contributed by atoms with Crippen molar-refractivity contribution in [2.75, 3.05) is 54.6 Å². The highest BCUT2D eigenvalue weighted by Crippen LogP contribution is 2.17. The fourth-order valence-corrected chi connectivity index (χ4v) is 2.15. The van der Waals surface area contributed by atoms with Crippen LogP contribution in [0.3, 0.4) is 0 Å². The monoisotopic (exact) mass is 281 g/mol. The summed E-state index contributed by atoms with van der Waals surface area (Å²) in [6.45, 7) is 8.96. The van der Waals surface area contributed by atoms with E-state index in [-0.39, 0.29) is 0 Å². The molecule has 1 saturated heterocycles. The summed E-state index contributed by atoms with van der Waals surface area (Å²) in [6.07, 6.45) is 0.970. The Hall–Kier alpha value is -1.67. The lowest BCUT2D eigenvalue weighted by atomic mass is 10.4. The van der Waals surface area contributed by atoms with Crippen molar-refractivity contribution in [3.05, 3.63) is 0 Å². The topological polar surface area (TPSA) is 92.4 Å². The first-order valence-corrected chi connectivity index (χ1v) is 7.08. The molecule has 1 aliphatic rings. The van der Waals surface area contributed by atoms with Crippen LogP contribution in [0.4, 0.5) is 17.8 Å². The van der Waals surface area contributed by atoms with Crippen molar-refractivity contribution < 1.29 is 4.74 Å². The van der Waals surface area contributed by atoms with Crippen LogP contribution in [-0.2, 0) is 4.74 Å². The van der Waals surface area contributed by atoms with E-state index in [1.54, 1.807) is 0 Å². The number of nitrogens with two attached hydrogens (primary N) is 1. The van der Waals surface area contributed by atoms with Crippen LogP contribution in [0.25, 0.3) is 0 Å². The molecular formula is C12H23N7O. The standard InChI is InChI=1S/C12H23N7O/c1-3-18(4-2)11-14-10(17-13)15-12(16-11)19-6-5-8-20-9-7-19/h3-9,13H2,1-2H3,(H,14,15,16,17). The van der Waals surface area contributed by atoms with Crippen molar-refractivity contribution in [3.8, 4) is 0 Å². The lowest BCUT2D eigenvalue weighted by Gasteiger charge is -2.23. The lowest BCUT2D eigenvalue weighted by molar-refractivity contribution is 0.152. The van der Waals surface area contributed by atoms with Gasteiger partial charge in [0.1, 0.15) is 0 Å². The number of nitrogen functional groups attached to an aromatic ring is 1. The van der Waals surface area contributed by atoms with Crippen LogP contribution in [0.5, 0.6) is 0 Å². The zero-order valence-corrected chi connectivity index (χ0v) is 12.2. The molecule has 0 spiro atoms. The minimum atomic E-state index is 0.391. The maximum absolute atomic E-state index is 5.47. The van der Waals surface area contributed by atoms with Crippen LogP contribution in [0, 0.1) is 0 Å². The third-order valence-electron chi connectivity index (χ3n) is 3.29. The average Bonchev–Trinajstić information content (AvgIpc) is 2.77. The van der Waals surface area contributed by atoms with E-state index in [0.717, 1.165) is 39.2 Å². The van der Waals surface area contributed by atoms with E-state index in [0.29, 0.717) is 24.5 Å². The van der Waals surface area contributed by atoms with Gasteiger partial charge in [0.2, 0.25) is 17.8 Å². The first-order valence-electron chi connectivity index (χ1n) is 7.08. The smallest absolute Gasteiger partial charge is 0.243 e. The van der Waals surface area contributed by atoms with Crippen molar-refractivity contribution in [2.45, 2.75) is 20.3 Å². The summed E-state index contributed by atoms with van der Waals surface area (Å²) in [5.74, 6) is 7.16. The minimum absolute atomic E-state index is 0.391. The van der Waals surface area contributed by atoms with Gasteiger partial charge in [-0.2, -0.15) is 15.0 Å². The van der Waals surface area contributed by atoms with Gasteiger partial charge in [-0.25, -0.2) is 5.84 Å². The molecule has 0 atom stereocenters. The van der Waals surface area contributed by atoms with E-state index in [1.165, 1.54) is 0 Å². The van der Waals surface area contributed by atoms with E-state index in [9.17, 15) is 0 Å². The Morgan fingerprint density at radius 3 is 2.70 bits per heavy atom. The number of hydrogen-bond donors (Lipinski definition) is 2. The summed E-state index contributed by atoms with van der Waals surface area (Å²) < 4.78 is 5.46. The van der Waals surface area contributed by atoms with Crippen molar-refractivity contribution in [3.63, 3.8) is 0 Å². The third kappa shape index (κ3) is 3.45. The summed E-state index contributed by atoms with van der Waals surface area (Å²) in [5.41, 5.74) is 2.52. The molecule has 8 nitrogen and oxygen atoms in total. The summed E-state index contributed by atoms with van der Waals surface area (Å²) in [7, 11) is 0. The average molecular weight is 281 g/mol. The van der Waals surface area contributed by atoms with Crippen molar-refractivity contribution in [1.82, 2.24) is 15.0 Å². The number of nitrogens with zero attached hydrogens (tertiary/aromatic N) is 5. The predicted octanol–water partition coefficient (Wildman–Crippen LogP) is 0.230. The van der Waals surface area contributed by atoms with E-state index in [4.69, 9.17) is 10.6 Å². The summed E-state index contributed by atoms with van der Waals surface area (Å²) in [4.78, 5) is 17.4. The Kier molecular flexibility index (Phi) is 5.31. The fourth-order valence-electron chi connectivity index (χ4n) is 2.15. The van der Waals surface area contributed by atoms with Crippen LogP contribution in [0.1, 0.15) is 20.3 Å². The molecule has 1 aromatic heterocycles. The first kappa shape index (κ1) is 14.7. The Bertz CT molecular complexity index is 416. The highest BCUT2D eigenvalue weighted by atomic mass is 16.5. The van der Waals surface area contributed by atoms with Gasteiger partial charge in [0.25, 0.3) is 0 Å². The first-order chi connectivity index (χ1) is 9.78. The van der Waals surface area contributed by atoms with Crippen LogP contribution in [0.15, 0.2) is 0 Å². The summed E-state index contributed by atoms with van der Waals surface area (Å²) >= 11 is 0. The highest BCUT2D eigenvalue weighted by Gasteiger charge is 2.17. The molecule has 1 aliphatic heterocycles. The van der Waals surface area contributed by atoms with E-state index in [2.05, 4.69) is 44.0 Å². The van der Waals surface area contributed by atoms with E-state index >= 15 is 0 Å². The van der Waals surface area contributed by atoms with Gasteiger partial charge in [-0.05, 0) is 20.3 Å². The number of ether oxygens (including phenoxy) is 1. The van der Waals surface area contributed by atoms with Gasteiger partial charge in [-0.3, -0.25) is 5.43 Å². The highest BCUT2D eigenvalue weighted by molar-refractivity contribution is 5.44. The predicted molar refractivity (Wildman–Crippen MR) is 78.8 cm³/mol. The van der Waals surface area contributed by atoms with Crippen LogP contribution in [-0.4, -0.2) is 54.3 Å². The quantitative estimate of drug-likeness (QED) is 0.585. The Morgan fingerprint density at radius 1 is 1.20 bits per heavy atom. The molecule has 20 heavy (non-hydrogen) atoms. The molecule has 0 bridgehead atoms. The number of hydrazine groups is 1. The SMILES string of the molecule is CCN(CC)c1nc(NN)nc(N2CCCOCC2)n1. The van der Waals surface area contributed by atoms with Gasteiger partial charge < -0.3 is 14.5 Å². The molecule has 0 aromatic carbocycles. The van der Waals surface area contributed by atoms with E-state index in [1.807, 2.05) is 0 Å². The number of anilines is 3. The van der Waals surface area contributed by atoms with Crippen LogP contribution < -0.4 is 21.1 Å². The van der Waals surface area contributed by atoms with Crippen LogP contribution >= 0.6 is 0 Å². The zero-order chi connectivity index (χ0) is 14.4. The minimum Gasteiger partial charge on any atom is -0.380 e. The lowest BCUT2D eigenvalue weighted by Crippen LogP contribution is -2.31. The second-order valence-electron chi connectivity index (χ2n) is 4.53. The molecule has 1 aromatic rings. The Balaban J connectivity index is 2.28. The molecule has 0 unspecified atom stereocenters. The summed E-state index contributed by atoms with van der Waals surface area (Å²) in [5, 5.41) is 0. The molecule has 1 fully saturated rings. The normalized spacial score (nSPS) is 15.8. The zero-order valence-electron chi connectivity index (χ0n) is 12.2. The van der Waals surface area contributed by atoms with Gasteiger partial charge in [-0.15, -0.1) is 0 Å². The van der Waals surface area contributed by atoms with E-state index < -0.39 is 0 Å². The second kappa shape index (κ2) is 7.20. The van der Waals surface area contributed by atoms with Crippen molar-refractivity contribution >= 4 is 17.8 Å². The molecule has 8 heteroatoms. The molecule has 2 heterocycles. The maximum Gasteiger partial charge on any atom is 0.243 e. The number of nitrogens with one attached hydrogen (secondary N) is 1. The second-order valence-corrected chi connectivity index (χ2v) is 4.53. The molecule has 3 N–H and O–H groups in total. The van der Waals surface area contributed by atoms with Crippen LogP contribution in [0.2, 0.25) is 0 Å². The van der Waals surface area contributed by atoms with Gasteiger partial charge in [-0.1, -0.05) is 0 Å². The van der Waals surface area contributed by atoms with Gasteiger partial charge in [0.05, 0.1) is 6.61 Å². The number of hydrogen-bond acceptors (Lipinski definition) is 8. The van der Waals surface area contributed by atoms with Crippen molar-refractivity contribution in [1.29, 1.82) is 0 Å². The Morgan fingerprint density at radius 2 is 2.00 bits per heavy atom. The van der Waals surface area contributed by atoms with Gasteiger partial charge in [0.15, 0.2) is 0 Å². The van der Waals surface area contributed by atoms with Gasteiger partial charge in [0, 0.05) is 32.8 Å².